The first-order chi connectivity index (χ1) is 12.2. The van der Waals surface area contributed by atoms with E-state index in [1.807, 2.05) is 0 Å². The standard InChI is InChI=1S/C18H20N6O/c19-10-16-18(21-6-5-20-16)23-7-3-13(4-8-23)11-24-12-22-15(9-17(24)25)14-1-2-14/h5-6,9,12-14H,1-4,7-8,11H2. The molecule has 1 saturated heterocycles. The highest BCUT2D eigenvalue weighted by Crippen LogP contribution is 2.38. The Morgan fingerprint density at radius 2 is 1.88 bits per heavy atom. The predicted molar refractivity (Wildman–Crippen MR) is 92.2 cm³/mol. The fourth-order valence-electron chi connectivity index (χ4n) is 3.43. The van der Waals surface area contributed by atoms with Gasteiger partial charge in [0.15, 0.2) is 11.5 Å². The Morgan fingerprint density at radius 1 is 1.12 bits per heavy atom. The van der Waals surface area contributed by atoms with Crippen molar-refractivity contribution in [3.05, 3.63) is 46.5 Å². The summed E-state index contributed by atoms with van der Waals surface area (Å²) in [4.78, 5) is 27.2. The molecule has 2 aliphatic rings. The van der Waals surface area contributed by atoms with Gasteiger partial charge in [-0.15, -0.1) is 0 Å². The number of rotatable bonds is 4. The van der Waals surface area contributed by atoms with Crippen molar-refractivity contribution in [2.24, 2.45) is 5.92 Å². The van der Waals surface area contributed by atoms with Crippen molar-refractivity contribution < 1.29 is 0 Å². The quantitative estimate of drug-likeness (QED) is 0.844. The predicted octanol–water partition coefficient (Wildman–Crippen LogP) is 1.70. The van der Waals surface area contributed by atoms with Crippen LogP contribution in [0.2, 0.25) is 0 Å². The first-order valence-corrected chi connectivity index (χ1v) is 8.77. The summed E-state index contributed by atoms with van der Waals surface area (Å²) in [6.07, 6.45) is 9.09. The molecular weight excluding hydrogens is 316 g/mol. The van der Waals surface area contributed by atoms with E-state index < -0.39 is 0 Å². The van der Waals surface area contributed by atoms with Crippen molar-refractivity contribution in [1.29, 1.82) is 5.26 Å². The normalized spacial score (nSPS) is 18.1. The summed E-state index contributed by atoms with van der Waals surface area (Å²) in [6.45, 7) is 2.34. The van der Waals surface area contributed by atoms with Crippen LogP contribution in [0.5, 0.6) is 0 Å². The van der Waals surface area contributed by atoms with Crippen molar-refractivity contribution in [2.45, 2.75) is 38.1 Å². The van der Waals surface area contributed by atoms with Crippen molar-refractivity contribution in [2.75, 3.05) is 18.0 Å². The van der Waals surface area contributed by atoms with E-state index in [9.17, 15) is 4.79 Å². The number of aromatic nitrogens is 4. The molecule has 2 aromatic heterocycles. The molecule has 2 aromatic rings. The van der Waals surface area contributed by atoms with Crippen LogP contribution >= 0.6 is 0 Å². The fourth-order valence-corrected chi connectivity index (χ4v) is 3.43. The summed E-state index contributed by atoms with van der Waals surface area (Å²) >= 11 is 0. The molecule has 128 valence electrons. The lowest BCUT2D eigenvalue weighted by molar-refractivity contribution is 0.349. The Labute approximate surface area is 146 Å². The van der Waals surface area contributed by atoms with Crippen LogP contribution in [-0.4, -0.2) is 32.6 Å². The van der Waals surface area contributed by atoms with Gasteiger partial charge in [0.1, 0.15) is 6.07 Å². The van der Waals surface area contributed by atoms with Gasteiger partial charge in [-0.2, -0.15) is 5.26 Å². The maximum atomic E-state index is 12.3. The number of hydrogen-bond acceptors (Lipinski definition) is 6. The zero-order valence-electron chi connectivity index (χ0n) is 14.0. The molecule has 3 heterocycles. The molecule has 1 aliphatic heterocycles. The van der Waals surface area contributed by atoms with Crippen molar-refractivity contribution >= 4 is 5.82 Å². The van der Waals surface area contributed by atoms with Crippen LogP contribution < -0.4 is 10.5 Å². The molecule has 1 saturated carbocycles. The smallest absolute Gasteiger partial charge is 0.253 e. The Balaban J connectivity index is 1.39. The molecule has 2 fully saturated rings. The van der Waals surface area contributed by atoms with Crippen LogP contribution in [0.1, 0.15) is 43.0 Å². The Morgan fingerprint density at radius 3 is 2.56 bits per heavy atom. The zero-order valence-corrected chi connectivity index (χ0v) is 14.0. The maximum Gasteiger partial charge on any atom is 0.253 e. The van der Waals surface area contributed by atoms with E-state index in [0.717, 1.165) is 44.5 Å². The first-order valence-electron chi connectivity index (χ1n) is 8.77. The minimum atomic E-state index is 0.0556. The number of hydrogen-bond donors (Lipinski definition) is 0. The SMILES string of the molecule is N#Cc1nccnc1N1CCC(Cn2cnc(C3CC3)cc2=O)CC1. The summed E-state index contributed by atoms with van der Waals surface area (Å²) < 4.78 is 1.73. The van der Waals surface area contributed by atoms with Crippen LogP contribution in [0.4, 0.5) is 5.82 Å². The first kappa shape index (κ1) is 15.8. The molecule has 4 rings (SSSR count). The van der Waals surface area contributed by atoms with E-state index in [1.54, 1.807) is 29.4 Å². The molecule has 0 bridgehead atoms. The second kappa shape index (κ2) is 6.63. The molecule has 0 atom stereocenters. The number of anilines is 1. The lowest BCUT2D eigenvalue weighted by atomic mass is 9.96. The van der Waals surface area contributed by atoms with Crippen LogP contribution in [0.15, 0.2) is 29.6 Å². The molecule has 7 nitrogen and oxygen atoms in total. The van der Waals surface area contributed by atoms with Gasteiger partial charge in [0.05, 0.1) is 12.0 Å². The van der Waals surface area contributed by atoms with E-state index in [-0.39, 0.29) is 5.56 Å². The summed E-state index contributed by atoms with van der Waals surface area (Å²) in [7, 11) is 0. The van der Waals surface area contributed by atoms with Gasteiger partial charge >= 0.3 is 0 Å². The highest BCUT2D eigenvalue weighted by molar-refractivity contribution is 5.49. The Kier molecular flexibility index (Phi) is 4.18. The second-order valence-electron chi connectivity index (χ2n) is 6.85. The van der Waals surface area contributed by atoms with Crippen LogP contribution in [-0.2, 0) is 6.54 Å². The third-order valence-electron chi connectivity index (χ3n) is 5.05. The highest BCUT2D eigenvalue weighted by Gasteiger charge is 2.26. The van der Waals surface area contributed by atoms with E-state index in [2.05, 4.69) is 25.9 Å². The van der Waals surface area contributed by atoms with Crippen LogP contribution in [0.3, 0.4) is 0 Å². The summed E-state index contributed by atoms with van der Waals surface area (Å²) in [5.74, 6) is 1.60. The fraction of sp³-hybridized carbons (Fsp3) is 0.500. The Bertz CT molecular complexity index is 858. The highest BCUT2D eigenvalue weighted by atomic mass is 16.1. The molecular formula is C18H20N6O. The molecule has 0 spiro atoms. The van der Waals surface area contributed by atoms with Crippen molar-refractivity contribution in [1.82, 2.24) is 19.5 Å². The largest absolute Gasteiger partial charge is 0.354 e. The van der Waals surface area contributed by atoms with Gasteiger partial charge in [-0.05, 0) is 31.6 Å². The van der Waals surface area contributed by atoms with E-state index in [1.165, 1.54) is 0 Å². The average molecular weight is 336 g/mol. The second-order valence-corrected chi connectivity index (χ2v) is 6.85. The van der Waals surface area contributed by atoms with Gasteiger partial charge in [0.2, 0.25) is 0 Å². The van der Waals surface area contributed by atoms with Gasteiger partial charge in [0.25, 0.3) is 5.56 Å². The topological polar surface area (TPSA) is 87.7 Å². The van der Waals surface area contributed by atoms with Gasteiger partial charge in [0, 0.05) is 44.0 Å². The van der Waals surface area contributed by atoms with Gasteiger partial charge < -0.3 is 4.90 Å². The summed E-state index contributed by atoms with van der Waals surface area (Å²) in [5.41, 5.74) is 1.37. The summed E-state index contributed by atoms with van der Waals surface area (Å²) in [6, 6.07) is 3.80. The lowest BCUT2D eigenvalue weighted by Crippen LogP contribution is -2.37. The van der Waals surface area contributed by atoms with Crippen LogP contribution in [0.25, 0.3) is 0 Å². The zero-order chi connectivity index (χ0) is 17.2. The number of nitrogens with zero attached hydrogens (tertiary/aromatic N) is 6. The minimum absolute atomic E-state index is 0.0556. The molecule has 25 heavy (non-hydrogen) atoms. The average Bonchev–Trinajstić information content (AvgIpc) is 3.49. The van der Waals surface area contributed by atoms with E-state index >= 15 is 0 Å². The molecule has 0 N–H and O–H groups in total. The third kappa shape index (κ3) is 3.38. The Hall–Kier alpha value is -2.75. The number of nitriles is 1. The lowest BCUT2D eigenvalue weighted by Gasteiger charge is -2.33. The number of piperidine rings is 1. The monoisotopic (exact) mass is 336 g/mol. The van der Waals surface area contributed by atoms with Gasteiger partial charge in [-0.25, -0.2) is 15.0 Å². The molecule has 7 heteroatoms. The molecule has 0 aromatic carbocycles. The van der Waals surface area contributed by atoms with Crippen molar-refractivity contribution in [3.8, 4) is 6.07 Å². The minimum Gasteiger partial charge on any atom is -0.354 e. The van der Waals surface area contributed by atoms with Gasteiger partial charge in [-0.1, -0.05) is 0 Å². The van der Waals surface area contributed by atoms with Crippen molar-refractivity contribution in [3.63, 3.8) is 0 Å². The third-order valence-corrected chi connectivity index (χ3v) is 5.05. The molecule has 0 unspecified atom stereocenters. The maximum absolute atomic E-state index is 12.3. The van der Waals surface area contributed by atoms with Gasteiger partial charge in [-0.3, -0.25) is 9.36 Å². The van der Waals surface area contributed by atoms with E-state index in [0.29, 0.717) is 29.9 Å². The van der Waals surface area contributed by atoms with Crippen LogP contribution in [0, 0.1) is 17.2 Å². The molecule has 0 amide bonds. The molecule has 0 radical (unpaired) electrons. The molecule has 1 aliphatic carbocycles. The summed E-state index contributed by atoms with van der Waals surface area (Å²) in [5, 5.41) is 9.17. The van der Waals surface area contributed by atoms with E-state index in [4.69, 9.17) is 5.26 Å².